The van der Waals surface area contributed by atoms with E-state index in [4.69, 9.17) is 0 Å². The highest BCUT2D eigenvalue weighted by molar-refractivity contribution is 9.10. The van der Waals surface area contributed by atoms with Crippen molar-refractivity contribution < 1.29 is 0 Å². The standard InChI is InChI=1S/C17H24BrN3/c1-5-13-9-7-8-10-14(13)16(19-6-2)17-15(18)11-20-21(17)12(3)4/h7-12,16,19H,5-6H2,1-4H3. The van der Waals surface area contributed by atoms with E-state index in [1.165, 1.54) is 16.8 Å². The minimum absolute atomic E-state index is 0.158. The van der Waals surface area contributed by atoms with Crippen molar-refractivity contribution in [1.82, 2.24) is 15.1 Å². The predicted molar refractivity (Wildman–Crippen MR) is 91.7 cm³/mol. The topological polar surface area (TPSA) is 29.9 Å². The summed E-state index contributed by atoms with van der Waals surface area (Å²) in [6.45, 7) is 9.59. The van der Waals surface area contributed by atoms with Crippen molar-refractivity contribution in [2.75, 3.05) is 6.54 Å². The average Bonchev–Trinajstić information content (AvgIpc) is 2.86. The maximum Gasteiger partial charge on any atom is 0.0762 e. The summed E-state index contributed by atoms with van der Waals surface area (Å²) in [5, 5.41) is 8.15. The van der Waals surface area contributed by atoms with Crippen LogP contribution in [-0.4, -0.2) is 16.3 Å². The Morgan fingerprint density at radius 2 is 1.95 bits per heavy atom. The fourth-order valence-electron chi connectivity index (χ4n) is 2.73. The summed E-state index contributed by atoms with van der Waals surface area (Å²) in [7, 11) is 0. The van der Waals surface area contributed by atoms with Crippen LogP contribution >= 0.6 is 15.9 Å². The van der Waals surface area contributed by atoms with Gasteiger partial charge in [-0.1, -0.05) is 38.1 Å². The number of nitrogens with zero attached hydrogens (tertiary/aromatic N) is 2. The number of aryl methyl sites for hydroxylation is 1. The minimum Gasteiger partial charge on any atom is -0.305 e. The molecule has 0 bridgehead atoms. The molecule has 0 saturated heterocycles. The molecule has 0 aliphatic rings. The van der Waals surface area contributed by atoms with Gasteiger partial charge in [0.2, 0.25) is 0 Å². The lowest BCUT2D eigenvalue weighted by atomic mass is 9.96. The highest BCUT2D eigenvalue weighted by Gasteiger charge is 2.23. The lowest BCUT2D eigenvalue weighted by molar-refractivity contribution is 0.474. The molecule has 0 radical (unpaired) electrons. The van der Waals surface area contributed by atoms with Gasteiger partial charge in [0.15, 0.2) is 0 Å². The largest absolute Gasteiger partial charge is 0.305 e. The molecule has 0 aliphatic carbocycles. The molecule has 3 nitrogen and oxygen atoms in total. The van der Waals surface area contributed by atoms with Gasteiger partial charge in [-0.15, -0.1) is 0 Å². The first-order valence-corrected chi connectivity index (χ1v) is 8.43. The molecule has 1 heterocycles. The number of aromatic nitrogens is 2. The van der Waals surface area contributed by atoms with Crippen molar-refractivity contribution >= 4 is 15.9 Å². The first-order valence-electron chi connectivity index (χ1n) is 7.64. The van der Waals surface area contributed by atoms with Crippen LogP contribution in [0.2, 0.25) is 0 Å². The summed E-state index contributed by atoms with van der Waals surface area (Å²) < 4.78 is 3.16. The van der Waals surface area contributed by atoms with Gasteiger partial charge < -0.3 is 5.32 Å². The van der Waals surface area contributed by atoms with Crippen molar-refractivity contribution in [2.45, 2.75) is 46.2 Å². The van der Waals surface area contributed by atoms with Gasteiger partial charge in [-0.3, -0.25) is 4.68 Å². The van der Waals surface area contributed by atoms with E-state index < -0.39 is 0 Å². The van der Waals surface area contributed by atoms with E-state index in [2.05, 4.69) is 83.0 Å². The second-order valence-corrected chi connectivity index (χ2v) is 6.31. The summed E-state index contributed by atoms with van der Waals surface area (Å²) in [6, 6.07) is 9.15. The normalized spacial score (nSPS) is 12.9. The Morgan fingerprint density at radius 3 is 2.57 bits per heavy atom. The first-order chi connectivity index (χ1) is 10.1. The van der Waals surface area contributed by atoms with E-state index in [1.807, 2.05) is 6.20 Å². The van der Waals surface area contributed by atoms with Gasteiger partial charge in [0, 0.05) is 6.04 Å². The van der Waals surface area contributed by atoms with Gasteiger partial charge in [0.25, 0.3) is 0 Å². The second-order valence-electron chi connectivity index (χ2n) is 5.46. The van der Waals surface area contributed by atoms with Crippen LogP contribution in [-0.2, 0) is 6.42 Å². The van der Waals surface area contributed by atoms with Gasteiger partial charge in [-0.25, -0.2) is 0 Å². The molecule has 0 spiro atoms. The number of hydrogen-bond acceptors (Lipinski definition) is 2. The molecule has 21 heavy (non-hydrogen) atoms. The molecule has 1 atom stereocenters. The Hall–Kier alpha value is -1.13. The fraction of sp³-hybridized carbons (Fsp3) is 0.471. The van der Waals surface area contributed by atoms with Crippen LogP contribution in [0.4, 0.5) is 0 Å². The molecule has 2 rings (SSSR count). The number of halogens is 1. The molecule has 2 aromatic rings. The van der Waals surface area contributed by atoms with Crippen LogP contribution in [0.15, 0.2) is 34.9 Å². The van der Waals surface area contributed by atoms with Crippen LogP contribution < -0.4 is 5.32 Å². The summed E-state index contributed by atoms with van der Waals surface area (Å²) in [5.41, 5.74) is 3.92. The van der Waals surface area contributed by atoms with E-state index in [0.717, 1.165) is 17.4 Å². The number of rotatable bonds is 6. The Balaban J connectivity index is 2.56. The lowest BCUT2D eigenvalue weighted by Crippen LogP contribution is -2.26. The Morgan fingerprint density at radius 1 is 1.24 bits per heavy atom. The predicted octanol–water partition coefficient (Wildman–Crippen LogP) is 4.49. The molecule has 0 amide bonds. The molecule has 1 aromatic heterocycles. The Bertz CT molecular complexity index is 589. The Labute approximate surface area is 135 Å². The van der Waals surface area contributed by atoms with Crippen LogP contribution in [0.1, 0.15) is 56.6 Å². The number of hydrogen-bond donors (Lipinski definition) is 1. The smallest absolute Gasteiger partial charge is 0.0762 e. The van der Waals surface area contributed by atoms with Crippen LogP contribution in [0.3, 0.4) is 0 Å². The maximum absolute atomic E-state index is 4.53. The molecular weight excluding hydrogens is 326 g/mol. The van der Waals surface area contributed by atoms with E-state index >= 15 is 0 Å². The van der Waals surface area contributed by atoms with E-state index in [1.54, 1.807) is 0 Å². The lowest BCUT2D eigenvalue weighted by Gasteiger charge is -2.24. The third kappa shape index (κ3) is 3.38. The fourth-order valence-corrected chi connectivity index (χ4v) is 3.23. The van der Waals surface area contributed by atoms with Crippen LogP contribution in [0.5, 0.6) is 0 Å². The van der Waals surface area contributed by atoms with E-state index in [9.17, 15) is 0 Å². The molecule has 0 fully saturated rings. The molecule has 1 unspecified atom stereocenters. The SMILES string of the molecule is CCNC(c1ccccc1CC)c1c(Br)cnn1C(C)C. The molecule has 114 valence electrons. The third-order valence-electron chi connectivity index (χ3n) is 3.70. The maximum atomic E-state index is 4.53. The average molecular weight is 350 g/mol. The van der Waals surface area contributed by atoms with Crippen molar-refractivity contribution in [3.8, 4) is 0 Å². The summed E-state index contributed by atoms with van der Waals surface area (Å²) in [5.74, 6) is 0. The zero-order chi connectivity index (χ0) is 15.4. The highest BCUT2D eigenvalue weighted by atomic mass is 79.9. The van der Waals surface area contributed by atoms with Crippen molar-refractivity contribution in [2.24, 2.45) is 0 Å². The summed E-state index contributed by atoms with van der Waals surface area (Å²) in [6.07, 6.45) is 2.93. The molecule has 0 aliphatic heterocycles. The van der Waals surface area contributed by atoms with Crippen molar-refractivity contribution in [3.63, 3.8) is 0 Å². The minimum atomic E-state index is 0.158. The summed E-state index contributed by atoms with van der Waals surface area (Å²) in [4.78, 5) is 0. The van der Waals surface area contributed by atoms with Gasteiger partial charge in [0.05, 0.1) is 22.4 Å². The molecular formula is C17H24BrN3. The van der Waals surface area contributed by atoms with E-state index in [-0.39, 0.29) is 6.04 Å². The molecule has 1 aromatic carbocycles. The summed E-state index contributed by atoms with van der Waals surface area (Å²) >= 11 is 3.68. The van der Waals surface area contributed by atoms with Gasteiger partial charge >= 0.3 is 0 Å². The van der Waals surface area contributed by atoms with Gasteiger partial charge in [0.1, 0.15) is 0 Å². The zero-order valence-electron chi connectivity index (χ0n) is 13.2. The van der Waals surface area contributed by atoms with Crippen molar-refractivity contribution in [1.29, 1.82) is 0 Å². The van der Waals surface area contributed by atoms with Crippen molar-refractivity contribution in [3.05, 3.63) is 51.8 Å². The van der Waals surface area contributed by atoms with E-state index in [0.29, 0.717) is 6.04 Å². The molecule has 1 N–H and O–H groups in total. The third-order valence-corrected chi connectivity index (χ3v) is 4.32. The van der Waals surface area contributed by atoms with Gasteiger partial charge in [-0.05, 0) is 53.9 Å². The van der Waals surface area contributed by atoms with Crippen LogP contribution in [0, 0.1) is 0 Å². The zero-order valence-corrected chi connectivity index (χ0v) is 14.8. The quantitative estimate of drug-likeness (QED) is 0.832. The number of benzene rings is 1. The molecule has 4 heteroatoms. The molecule has 0 saturated carbocycles. The van der Waals surface area contributed by atoms with Gasteiger partial charge in [-0.2, -0.15) is 5.10 Å². The monoisotopic (exact) mass is 349 g/mol. The first kappa shape index (κ1) is 16.2. The second kappa shape index (κ2) is 7.23. The Kier molecular flexibility index (Phi) is 5.59. The highest BCUT2D eigenvalue weighted by Crippen LogP contribution is 2.32. The number of nitrogens with one attached hydrogen (secondary N) is 1. The van der Waals surface area contributed by atoms with Crippen LogP contribution in [0.25, 0.3) is 0 Å².